The molecule has 0 bridgehead atoms. The van der Waals surface area contributed by atoms with Crippen molar-refractivity contribution in [1.29, 1.82) is 0 Å². The molecule has 0 spiro atoms. The molecule has 3 fully saturated rings. The number of hydrogen-bond acceptors (Lipinski definition) is 0. The number of rotatable bonds is 11. The quantitative estimate of drug-likeness (QED) is 0.276. The Hall–Kier alpha value is -1.11. The van der Waals surface area contributed by atoms with Gasteiger partial charge in [-0.05, 0) is 137 Å². The lowest BCUT2D eigenvalue weighted by Gasteiger charge is -2.38. The second-order valence-electron chi connectivity index (χ2n) is 12.5. The maximum Gasteiger partial charge on any atom is 0.0897 e. The zero-order valence-electron chi connectivity index (χ0n) is 22.7. The van der Waals surface area contributed by atoms with Gasteiger partial charge in [0.2, 0.25) is 0 Å². The molecule has 0 atom stereocenters. The maximum absolute atomic E-state index is 12.4. The summed E-state index contributed by atoms with van der Waals surface area (Å²) < 4.78 is 12.4. The Labute approximate surface area is 216 Å². The van der Waals surface area contributed by atoms with Crippen molar-refractivity contribution in [2.75, 3.05) is 6.67 Å². The van der Waals surface area contributed by atoms with Crippen LogP contribution in [0.1, 0.15) is 133 Å². The Morgan fingerprint density at radius 2 is 1.23 bits per heavy atom. The van der Waals surface area contributed by atoms with Crippen molar-refractivity contribution in [1.82, 2.24) is 0 Å². The topological polar surface area (TPSA) is 0 Å². The second kappa shape index (κ2) is 14.6. The van der Waals surface area contributed by atoms with Crippen LogP contribution in [0, 0.1) is 29.6 Å². The third-order valence-corrected chi connectivity index (χ3v) is 10.2. The van der Waals surface area contributed by atoms with E-state index >= 15 is 0 Å². The number of benzene rings is 1. The van der Waals surface area contributed by atoms with E-state index in [1.165, 1.54) is 114 Å². The van der Waals surface area contributed by atoms with Gasteiger partial charge in [-0.25, -0.2) is 0 Å². The smallest absolute Gasteiger partial charge is 0.0897 e. The number of aryl methyl sites for hydroxylation is 1. The van der Waals surface area contributed by atoms with Crippen LogP contribution < -0.4 is 0 Å². The monoisotopic (exact) mass is 480 g/mol. The van der Waals surface area contributed by atoms with Crippen LogP contribution in [0.25, 0.3) is 0 Å². The Balaban J connectivity index is 1.09. The summed E-state index contributed by atoms with van der Waals surface area (Å²) in [6, 6.07) is 9.13. The first-order valence-corrected chi connectivity index (χ1v) is 15.5. The van der Waals surface area contributed by atoms with Crippen molar-refractivity contribution in [3.05, 3.63) is 47.5 Å². The van der Waals surface area contributed by atoms with Crippen LogP contribution in [0.15, 0.2) is 36.4 Å². The summed E-state index contributed by atoms with van der Waals surface area (Å²) in [6.07, 6.45) is 29.6. The van der Waals surface area contributed by atoms with Crippen molar-refractivity contribution in [3.8, 4) is 0 Å². The van der Waals surface area contributed by atoms with E-state index in [4.69, 9.17) is 0 Å². The van der Waals surface area contributed by atoms with E-state index in [-0.39, 0.29) is 6.67 Å². The molecule has 0 heterocycles. The van der Waals surface area contributed by atoms with Gasteiger partial charge in [-0.3, -0.25) is 4.39 Å². The standard InChI is InChI=1S/C34H53F/c1-2-3-4-6-27-10-18-31(19-11-27)33-22-14-29(15-23-33)8-9-30-16-24-34(25-17-30)32-20-12-28(13-21-32)7-5-26-35/h3-4,12-13,20-21,27,29-31,33-34H,2,5-11,14-19,22-26H2,1H3. The molecule has 35 heavy (non-hydrogen) atoms. The largest absolute Gasteiger partial charge is 0.251 e. The molecule has 196 valence electrons. The fourth-order valence-corrected chi connectivity index (χ4v) is 7.78. The molecule has 1 aromatic carbocycles. The van der Waals surface area contributed by atoms with Gasteiger partial charge in [0.05, 0.1) is 6.67 Å². The highest BCUT2D eigenvalue weighted by Crippen LogP contribution is 2.44. The van der Waals surface area contributed by atoms with Crippen LogP contribution in [0.2, 0.25) is 0 Å². The number of halogens is 1. The van der Waals surface area contributed by atoms with E-state index in [0.717, 1.165) is 41.9 Å². The van der Waals surface area contributed by atoms with Crippen molar-refractivity contribution in [2.24, 2.45) is 29.6 Å². The summed E-state index contributed by atoms with van der Waals surface area (Å²) in [7, 11) is 0. The molecule has 0 N–H and O–H groups in total. The molecule has 0 nitrogen and oxygen atoms in total. The average Bonchev–Trinajstić information content (AvgIpc) is 2.92. The van der Waals surface area contributed by atoms with E-state index in [1.807, 2.05) is 0 Å². The molecule has 0 amide bonds. The van der Waals surface area contributed by atoms with Crippen LogP contribution in [-0.2, 0) is 6.42 Å². The summed E-state index contributed by atoms with van der Waals surface area (Å²) in [4.78, 5) is 0. The van der Waals surface area contributed by atoms with Gasteiger partial charge < -0.3 is 0 Å². The van der Waals surface area contributed by atoms with Gasteiger partial charge in [0, 0.05) is 0 Å². The fourth-order valence-electron chi connectivity index (χ4n) is 7.78. The van der Waals surface area contributed by atoms with Gasteiger partial charge in [-0.15, -0.1) is 0 Å². The van der Waals surface area contributed by atoms with E-state index in [0.29, 0.717) is 6.42 Å². The van der Waals surface area contributed by atoms with Crippen molar-refractivity contribution < 1.29 is 4.39 Å². The fraction of sp³-hybridized carbons (Fsp3) is 0.765. The minimum atomic E-state index is -0.203. The Morgan fingerprint density at radius 1 is 0.686 bits per heavy atom. The number of allylic oxidation sites excluding steroid dienone is 2. The normalized spacial score (nSPS) is 32.2. The van der Waals surface area contributed by atoms with Gasteiger partial charge in [-0.2, -0.15) is 0 Å². The molecule has 4 rings (SSSR count). The summed E-state index contributed by atoms with van der Waals surface area (Å²) in [6.45, 7) is 2.04. The van der Waals surface area contributed by atoms with Crippen LogP contribution in [-0.4, -0.2) is 6.67 Å². The lowest BCUT2D eigenvalue weighted by Crippen LogP contribution is -2.26. The average molecular weight is 481 g/mol. The molecule has 3 aliphatic rings. The second-order valence-corrected chi connectivity index (χ2v) is 12.5. The molecule has 0 unspecified atom stereocenters. The minimum Gasteiger partial charge on any atom is -0.251 e. The van der Waals surface area contributed by atoms with E-state index in [1.54, 1.807) is 0 Å². The van der Waals surface area contributed by atoms with Gasteiger partial charge in [0.1, 0.15) is 0 Å². The SMILES string of the molecule is CCC=CCC1CCC(C2CCC(CCC3CCC(c4ccc(CCCF)cc4)CC3)CC2)CC1. The van der Waals surface area contributed by atoms with Gasteiger partial charge in [0.25, 0.3) is 0 Å². The molecule has 0 aliphatic heterocycles. The van der Waals surface area contributed by atoms with Gasteiger partial charge in [0.15, 0.2) is 0 Å². The minimum absolute atomic E-state index is 0.203. The first kappa shape index (κ1) is 26.9. The Bertz CT molecular complexity index is 709. The van der Waals surface area contributed by atoms with Crippen LogP contribution in [0.3, 0.4) is 0 Å². The molecule has 0 aromatic heterocycles. The van der Waals surface area contributed by atoms with Crippen molar-refractivity contribution >= 4 is 0 Å². The number of alkyl halides is 1. The van der Waals surface area contributed by atoms with Gasteiger partial charge >= 0.3 is 0 Å². The van der Waals surface area contributed by atoms with Crippen molar-refractivity contribution in [2.45, 2.75) is 128 Å². The molecular weight excluding hydrogens is 427 g/mol. The highest BCUT2D eigenvalue weighted by Gasteiger charge is 2.31. The zero-order valence-corrected chi connectivity index (χ0v) is 22.7. The Morgan fingerprint density at radius 3 is 1.77 bits per heavy atom. The first-order valence-electron chi connectivity index (χ1n) is 15.5. The highest BCUT2D eigenvalue weighted by atomic mass is 19.1. The highest BCUT2D eigenvalue weighted by molar-refractivity contribution is 5.26. The van der Waals surface area contributed by atoms with Crippen LogP contribution >= 0.6 is 0 Å². The predicted octanol–water partition coefficient (Wildman–Crippen LogP) is 10.6. The third-order valence-electron chi connectivity index (χ3n) is 10.2. The molecule has 1 heteroatoms. The summed E-state index contributed by atoms with van der Waals surface area (Å²) in [5.41, 5.74) is 2.82. The summed E-state index contributed by atoms with van der Waals surface area (Å²) in [5, 5.41) is 0. The zero-order chi connectivity index (χ0) is 24.3. The van der Waals surface area contributed by atoms with Crippen LogP contribution in [0.5, 0.6) is 0 Å². The first-order chi connectivity index (χ1) is 17.2. The van der Waals surface area contributed by atoms with E-state index in [2.05, 4.69) is 43.3 Å². The van der Waals surface area contributed by atoms with Gasteiger partial charge in [-0.1, -0.05) is 69.0 Å². The van der Waals surface area contributed by atoms with Crippen LogP contribution in [0.4, 0.5) is 4.39 Å². The number of hydrogen-bond donors (Lipinski definition) is 0. The summed E-state index contributed by atoms with van der Waals surface area (Å²) >= 11 is 0. The summed E-state index contributed by atoms with van der Waals surface area (Å²) in [5.74, 6) is 5.84. The van der Waals surface area contributed by atoms with E-state index < -0.39 is 0 Å². The molecule has 0 radical (unpaired) electrons. The molecule has 3 aliphatic carbocycles. The predicted molar refractivity (Wildman–Crippen MR) is 150 cm³/mol. The molecular formula is C34H53F. The maximum atomic E-state index is 12.4. The molecule has 3 saturated carbocycles. The van der Waals surface area contributed by atoms with E-state index in [9.17, 15) is 4.39 Å². The third kappa shape index (κ3) is 8.46. The van der Waals surface area contributed by atoms with Crippen molar-refractivity contribution in [3.63, 3.8) is 0 Å². The lowest BCUT2D eigenvalue weighted by atomic mass is 9.68. The lowest BCUT2D eigenvalue weighted by molar-refractivity contribution is 0.140. The molecule has 1 aromatic rings. The Kier molecular flexibility index (Phi) is 11.2. The molecule has 0 saturated heterocycles.